The van der Waals surface area contributed by atoms with E-state index in [0.29, 0.717) is 18.7 Å². The number of halogens is 1. The molecule has 1 N–H and O–H groups in total. The lowest BCUT2D eigenvalue weighted by Gasteiger charge is -2.28. The van der Waals surface area contributed by atoms with Crippen molar-refractivity contribution in [3.05, 3.63) is 88.3 Å². The standard InChI is InChI=1S/C22H21ClN2O4S/c1-15(20-7-4-12-29-20)24-22(26)17-8-9-19(23)21(13-17)30(27,28)25-11-10-16-5-2-3-6-18(16)14-25/h2-9,12-13,15H,10-11,14H2,1H3,(H,24,26)/t15-/m1/s1. The van der Waals surface area contributed by atoms with Crippen LogP contribution in [0.3, 0.4) is 0 Å². The lowest BCUT2D eigenvalue weighted by Crippen LogP contribution is -2.36. The van der Waals surface area contributed by atoms with E-state index < -0.39 is 15.9 Å². The van der Waals surface area contributed by atoms with Crippen molar-refractivity contribution in [2.75, 3.05) is 6.54 Å². The number of carbonyl (C=O) groups excluding carboxylic acids is 1. The first-order valence-corrected chi connectivity index (χ1v) is 11.4. The fourth-order valence-electron chi connectivity index (χ4n) is 3.55. The van der Waals surface area contributed by atoms with Crippen LogP contribution in [0.15, 0.2) is 70.2 Å². The predicted octanol–water partition coefficient (Wildman–Crippen LogP) is 4.17. The Morgan fingerprint density at radius 1 is 1.13 bits per heavy atom. The van der Waals surface area contributed by atoms with E-state index in [2.05, 4.69) is 5.32 Å². The van der Waals surface area contributed by atoms with Gasteiger partial charge < -0.3 is 9.73 Å². The Labute approximate surface area is 180 Å². The fraction of sp³-hybridized carbons (Fsp3) is 0.227. The van der Waals surface area contributed by atoms with E-state index in [9.17, 15) is 13.2 Å². The molecule has 1 amide bonds. The second-order valence-electron chi connectivity index (χ2n) is 7.21. The van der Waals surface area contributed by atoms with Crippen LogP contribution in [0, 0.1) is 0 Å². The van der Waals surface area contributed by atoms with Crippen LogP contribution in [0.25, 0.3) is 0 Å². The zero-order chi connectivity index (χ0) is 21.3. The van der Waals surface area contributed by atoms with Crippen LogP contribution < -0.4 is 5.32 Å². The van der Waals surface area contributed by atoms with Crippen molar-refractivity contribution < 1.29 is 17.6 Å². The lowest BCUT2D eigenvalue weighted by atomic mass is 10.0. The third kappa shape index (κ3) is 4.01. The van der Waals surface area contributed by atoms with Crippen LogP contribution in [-0.2, 0) is 23.0 Å². The summed E-state index contributed by atoms with van der Waals surface area (Å²) in [6.07, 6.45) is 2.16. The van der Waals surface area contributed by atoms with Gasteiger partial charge >= 0.3 is 0 Å². The van der Waals surface area contributed by atoms with Crippen molar-refractivity contribution >= 4 is 27.5 Å². The van der Waals surface area contributed by atoms with Gasteiger partial charge in [0.2, 0.25) is 10.0 Å². The second kappa shape index (κ2) is 8.26. The summed E-state index contributed by atoms with van der Waals surface area (Å²) in [5.74, 6) is 0.202. The number of amides is 1. The smallest absolute Gasteiger partial charge is 0.251 e. The molecule has 0 fully saturated rings. The normalized spacial score (nSPS) is 15.4. The Morgan fingerprint density at radius 2 is 1.90 bits per heavy atom. The van der Waals surface area contributed by atoms with Crippen molar-refractivity contribution in [3.63, 3.8) is 0 Å². The van der Waals surface area contributed by atoms with E-state index in [1.165, 1.54) is 28.8 Å². The minimum absolute atomic E-state index is 0.0677. The van der Waals surface area contributed by atoms with Gasteiger partial charge in [-0.25, -0.2) is 8.42 Å². The Kier molecular flexibility index (Phi) is 5.69. The molecule has 0 radical (unpaired) electrons. The van der Waals surface area contributed by atoms with Gasteiger partial charge in [0.25, 0.3) is 5.91 Å². The van der Waals surface area contributed by atoms with E-state index in [1.54, 1.807) is 19.1 Å². The van der Waals surface area contributed by atoms with Gasteiger partial charge in [-0.15, -0.1) is 0 Å². The Balaban J connectivity index is 1.59. The first kappa shape index (κ1) is 20.7. The predicted molar refractivity (Wildman–Crippen MR) is 114 cm³/mol. The maximum atomic E-state index is 13.3. The number of hydrogen-bond donors (Lipinski definition) is 1. The molecule has 1 aliphatic heterocycles. The second-order valence-corrected chi connectivity index (χ2v) is 9.53. The van der Waals surface area contributed by atoms with Crippen LogP contribution >= 0.6 is 11.6 Å². The van der Waals surface area contributed by atoms with Crippen molar-refractivity contribution in [1.82, 2.24) is 9.62 Å². The van der Waals surface area contributed by atoms with E-state index in [-0.39, 0.29) is 28.1 Å². The molecule has 0 bridgehead atoms. The number of nitrogens with zero attached hydrogens (tertiary/aromatic N) is 1. The summed E-state index contributed by atoms with van der Waals surface area (Å²) >= 11 is 6.24. The molecule has 1 aromatic heterocycles. The minimum Gasteiger partial charge on any atom is -0.467 e. The van der Waals surface area contributed by atoms with E-state index in [0.717, 1.165) is 11.1 Å². The summed E-state index contributed by atoms with van der Waals surface area (Å²) in [5, 5.41) is 2.89. The summed E-state index contributed by atoms with van der Waals surface area (Å²) in [5.41, 5.74) is 2.34. The largest absolute Gasteiger partial charge is 0.467 e. The number of rotatable bonds is 5. The number of fused-ring (bicyclic) bond motifs is 1. The molecular formula is C22H21ClN2O4S. The summed E-state index contributed by atoms with van der Waals surface area (Å²) < 4.78 is 33.3. The van der Waals surface area contributed by atoms with E-state index >= 15 is 0 Å². The van der Waals surface area contributed by atoms with Crippen molar-refractivity contribution in [2.45, 2.75) is 30.8 Å². The molecule has 0 saturated heterocycles. The van der Waals surface area contributed by atoms with E-state index in [4.69, 9.17) is 16.0 Å². The number of hydrogen-bond acceptors (Lipinski definition) is 4. The maximum absolute atomic E-state index is 13.3. The highest BCUT2D eigenvalue weighted by Gasteiger charge is 2.30. The van der Waals surface area contributed by atoms with Crippen LogP contribution in [0.4, 0.5) is 0 Å². The average Bonchev–Trinajstić information content (AvgIpc) is 3.28. The molecule has 2 aromatic carbocycles. The third-order valence-electron chi connectivity index (χ3n) is 5.22. The first-order chi connectivity index (χ1) is 14.4. The van der Waals surface area contributed by atoms with Gasteiger partial charge in [-0.05, 0) is 54.8 Å². The number of furan rings is 1. The minimum atomic E-state index is -3.86. The molecule has 156 valence electrons. The highest BCUT2D eigenvalue weighted by Crippen LogP contribution is 2.30. The fourth-order valence-corrected chi connectivity index (χ4v) is 5.46. The zero-order valence-corrected chi connectivity index (χ0v) is 17.9. The highest BCUT2D eigenvalue weighted by molar-refractivity contribution is 7.89. The topological polar surface area (TPSA) is 79.6 Å². The molecule has 0 spiro atoms. The molecule has 1 aliphatic rings. The van der Waals surface area contributed by atoms with Gasteiger partial charge in [-0.2, -0.15) is 4.31 Å². The summed E-state index contributed by atoms with van der Waals surface area (Å²) in [6.45, 7) is 2.43. The van der Waals surface area contributed by atoms with Gasteiger partial charge in [0.05, 0.1) is 17.3 Å². The molecule has 2 heterocycles. The van der Waals surface area contributed by atoms with Gasteiger partial charge in [-0.1, -0.05) is 35.9 Å². The number of carbonyl (C=O) groups is 1. The van der Waals surface area contributed by atoms with Gasteiger partial charge in [0.15, 0.2) is 0 Å². The number of benzene rings is 2. The molecule has 30 heavy (non-hydrogen) atoms. The number of sulfonamides is 1. The molecule has 6 nitrogen and oxygen atoms in total. The Morgan fingerprint density at radius 3 is 2.63 bits per heavy atom. The molecular weight excluding hydrogens is 424 g/mol. The van der Waals surface area contributed by atoms with Crippen LogP contribution in [0.5, 0.6) is 0 Å². The maximum Gasteiger partial charge on any atom is 0.251 e. The van der Waals surface area contributed by atoms with Crippen LogP contribution in [0.2, 0.25) is 5.02 Å². The van der Waals surface area contributed by atoms with E-state index in [1.807, 2.05) is 24.3 Å². The molecule has 1 atom stereocenters. The molecule has 0 aliphatic carbocycles. The Bertz CT molecular complexity index is 1180. The van der Waals surface area contributed by atoms with Crippen LogP contribution in [-0.4, -0.2) is 25.2 Å². The molecule has 3 aromatic rings. The first-order valence-electron chi connectivity index (χ1n) is 9.57. The van der Waals surface area contributed by atoms with Gasteiger partial charge in [-0.3, -0.25) is 4.79 Å². The summed E-state index contributed by atoms with van der Waals surface area (Å²) in [6, 6.07) is 15.2. The summed E-state index contributed by atoms with van der Waals surface area (Å²) in [7, 11) is -3.86. The quantitative estimate of drug-likeness (QED) is 0.640. The molecule has 4 rings (SSSR count). The average molecular weight is 445 g/mol. The SMILES string of the molecule is C[C@@H](NC(=O)c1ccc(Cl)c(S(=O)(=O)N2CCc3ccccc3C2)c1)c1ccco1. The Hall–Kier alpha value is -2.61. The van der Waals surface area contributed by atoms with Crippen molar-refractivity contribution in [1.29, 1.82) is 0 Å². The molecule has 0 saturated carbocycles. The third-order valence-corrected chi connectivity index (χ3v) is 7.55. The molecule has 8 heteroatoms. The molecule has 0 unspecified atom stereocenters. The number of nitrogens with one attached hydrogen (secondary N) is 1. The van der Waals surface area contributed by atoms with Crippen LogP contribution in [0.1, 0.15) is 40.2 Å². The van der Waals surface area contributed by atoms with Crippen molar-refractivity contribution in [3.8, 4) is 0 Å². The summed E-state index contributed by atoms with van der Waals surface area (Å²) in [4.78, 5) is 12.6. The van der Waals surface area contributed by atoms with Gasteiger partial charge in [0, 0.05) is 18.7 Å². The highest BCUT2D eigenvalue weighted by atomic mass is 35.5. The van der Waals surface area contributed by atoms with Crippen molar-refractivity contribution in [2.24, 2.45) is 0 Å². The monoisotopic (exact) mass is 444 g/mol. The zero-order valence-electron chi connectivity index (χ0n) is 16.3. The van der Waals surface area contributed by atoms with Gasteiger partial charge in [0.1, 0.15) is 10.7 Å². The lowest BCUT2D eigenvalue weighted by molar-refractivity contribution is 0.0935.